The highest BCUT2D eigenvalue weighted by Gasteiger charge is 2.38. The minimum atomic E-state index is -0.376. The molecule has 1 aliphatic rings. The number of hydrogen-bond acceptors (Lipinski definition) is 3. The van der Waals surface area contributed by atoms with Gasteiger partial charge in [-0.25, -0.2) is 0 Å². The van der Waals surface area contributed by atoms with Crippen molar-refractivity contribution in [2.24, 2.45) is 5.41 Å². The zero-order chi connectivity index (χ0) is 13.8. The molecule has 3 unspecified atom stereocenters. The quantitative estimate of drug-likeness (QED) is 0.581. The van der Waals surface area contributed by atoms with Crippen molar-refractivity contribution in [2.75, 3.05) is 13.3 Å². The number of hydrogen-bond donors (Lipinski definition) is 0. The number of ether oxygens (including phenoxy) is 2. The Labute approximate surface area is 113 Å². The summed E-state index contributed by atoms with van der Waals surface area (Å²) in [5.74, 6) is -0.0924. The predicted molar refractivity (Wildman–Crippen MR) is 76.4 cm³/mol. The molecule has 0 N–H and O–H groups in total. The van der Waals surface area contributed by atoms with Crippen LogP contribution in [0.3, 0.4) is 0 Å². The van der Waals surface area contributed by atoms with Gasteiger partial charge in [0.15, 0.2) is 0 Å². The van der Waals surface area contributed by atoms with E-state index in [2.05, 4.69) is 27.4 Å². The Hall–Kier alpha value is -0.140. The summed E-state index contributed by atoms with van der Waals surface area (Å²) in [6, 6.07) is 0. The van der Waals surface area contributed by atoms with E-state index in [1.54, 1.807) is 0 Å². The summed E-state index contributed by atoms with van der Waals surface area (Å²) in [5.41, 5.74) is 0.129. The summed E-state index contributed by atoms with van der Waals surface area (Å²) in [7, 11) is 0.547. The number of rotatable bonds is 4. The molecule has 1 heterocycles. The van der Waals surface area contributed by atoms with Crippen LogP contribution in [-0.4, -0.2) is 30.7 Å². The third-order valence-electron chi connectivity index (χ3n) is 3.26. The third-order valence-corrected chi connectivity index (χ3v) is 4.75. The minimum Gasteiger partial charge on any atom is -0.435 e. The van der Waals surface area contributed by atoms with E-state index >= 15 is 0 Å². The first-order valence-corrected chi connectivity index (χ1v) is 8.28. The Kier molecular flexibility index (Phi) is 5.61. The fourth-order valence-electron chi connectivity index (χ4n) is 2.38. The van der Waals surface area contributed by atoms with Gasteiger partial charge >= 0.3 is 5.97 Å². The second-order valence-corrected chi connectivity index (χ2v) is 8.12. The highest BCUT2D eigenvalue weighted by atomic mass is 31.1. The molecule has 1 fully saturated rings. The normalized spacial score (nSPS) is 25.1. The molecule has 0 saturated carbocycles. The summed E-state index contributed by atoms with van der Waals surface area (Å²) in [6.45, 7) is 11.3. The molecule has 0 aromatic carbocycles. The van der Waals surface area contributed by atoms with Crippen LogP contribution >= 0.6 is 8.58 Å². The van der Waals surface area contributed by atoms with Crippen molar-refractivity contribution in [2.45, 2.75) is 64.8 Å². The second kappa shape index (κ2) is 6.34. The van der Waals surface area contributed by atoms with Gasteiger partial charge in [0.1, 0.15) is 0 Å². The minimum absolute atomic E-state index is 0.0924. The van der Waals surface area contributed by atoms with Gasteiger partial charge in [0.25, 0.3) is 0 Å². The van der Waals surface area contributed by atoms with E-state index in [-0.39, 0.29) is 22.8 Å². The highest BCUT2D eigenvalue weighted by molar-refractivity contribution is 7.40. The first-order valence-electron chi connectivity index (χ1n) is 6.78. The van der Waals surface area contributed by atoms with Crippen molar-refractivity contribution >= 4 is 14.6 Å². The lowest BCUT2D eigenvalue weighted by Crippen LogP contribution is -2.39. The van der Waals surface area contributed by atoms with Crippen LogP contribution in [0.15, 0.2) is 0 Å². The van der Waals surface area contributed by atoms with Crippen molar-refractivity contribution in [3.05, 3.63) is 0 Å². The third kappa shape index (κ3) is 4.85. The van der Waals surface area contributed by atoms with Gasteiger partial charge in [-0.15, -0.1) is 8.58 Å². The Morgan fingerprint density at radius 3 is 2.44 bits per heavy atom. The average molecular weight is 274 g/mol. The number of carbonyl (C=O) groups excluding carboxylic acids is 1. The largest absolute Gasteiger partial charge is 0.435 e. The summed E-state index contributed by atoms with van der Waals surface area (Å²) >= 11 is 0. The molecule has 18 heavy (non-hydrogen) atoms. The van der Waals surface area contributed by atoms with Crippen LogP contribution in [0.25, 0.3) is 0 Å². The van der Waals surface area contributed by atoms with Crippen LogP contribution in [0, 0.1) is 5.41 Å². The molecule has 0 aliphatic carbocycles. The molecule has 1 rings (SSSR count). The molecule has 0 aromatic rings. The average Bonchev–Trinajstić information content (AvgIpc) is 2.28. The molecule has 0 spiro atoms. The van der Waals surface area contributed by atoms with E-state index in [9.17, 15) is 4.79 Å². The summed E-state index contributed by atoms with van der Waals surface area (Å²) in [6.07, 6.45) is 3.53. The van der Waals surface area contributed by atoms with Crippen LogP contribution < -0.4 is 0 Å². The summed E-state index contributed by atoms with van der Waals surface area (Å²) < 4.78 is 11.0. The monoisotopic (exact) mass is 274 g/mol. The van der Waals surface area contributed by atoms with E-state index in [4.69, 9.17) is 9.47 Å². The van der Waals surface area contributed by atoms with E-state index in [1.165, 1.54) is 0 Å². The van der Waals surface area contributed by atoms with Gasteiger partial charge in [-0.05, 0) is 38.3 Å². The highest BCUT2D eigenvalue weighted by Crippen LogP contribution is 2.40. The van der Waals surface area contributed by atoms with Crippen LogP contribution in [0.1, 0.15) is 53.4 Å². The van der Waals surface area contributed by atoms with Crippen LogP contribution in [-0.2, 0) is 14.3 Å². The molecule has 1 saturated heterocycles. The van der Waals surface area contributed by atoms with Crippen molar-refractivity contribution in [1.29, 1.82) is 0 Å². The maximum atomic E-state index is 12.3. The smallest absolute Gasteiger partial charge is 0.318 e. The fraction of sp³-hybridized carbons (Fsp3) is 0.929. The Morgan fingerprint density at radius 1 is 1.33 bits per heavy atom. The van der Waals surface area contributed by atoms with Gasteiger partial charge in [-0.2, -0.15) is 0 Å². The molecular formula is C14H27O3P. The maximum absolute atomic E-state index is 12.3. The molecular weight excluding hydrogens is 247 g/mol. The van der Waals surface area contributed by atoms with Crippen LogP contribution in [0.5, 0.6) is 0 Å². The van der Waals surface area contributed by atoms with Crippen molar-refractivity contribution in [3.8, 4) is 0 Å². The van der Waals surface area contributed by atoms with E-state index in [0.29, 0.717) is 15.2 Å². The Balaban J connectivity index is 2.60. The first kappa shape index (κ1) is 15.9. The van der Waals surface area contributed by atoms with E-state index in [0.717, 1.165) is 25.7 Å². The van der Waals surface area contributed by atoms with Crippen molar-refractivity contribution in [3.63, 3.8) is 0 Å². The predicted octanol–water partition coefficient (Wildman–Crippen LogP) is 3.56. The Morgan fingerprint density at radius 2 is 2.00 bits per heavy atom. The first-order chi connectivity index (χ1) is 8.27. The molecule has 4 heteroatoms. The molecule has 1 aliphatic heterocycles. The molecule has 0 aromatic heterocycles. The summed E-state index contributed by atoms with van der Waals surface area (Å²) in [4.78, 5) is 12.3. The SMILES string of the molecule is CPC(C)(CC(C)(C)C)C(=O)OC1CCCCO1. The van der Waals surface area contributed by atoms with Crippen LogP contribution in [0.4, 0.5) is 0 Å². The summed E-state index contributed by atoms with van der Waals surface area (Å²) in [5, 5.41) is -0.376. The standard InChI is InChI=1S/C14H27O3P/c1-13(2,3)10-14(4,18-5)12(15)17-11-8-6-7-9-16-11/h11,18H,6-10H2,1-5H3. The van der Waals surface area contributed by atoms with E-state index < -0.39 is 0 Å². The van der Waals surface area contributed by atoms with E-state index in [1.807, 2.05) is 6.92 Å². The number of carbonyl (C=O) groups is 1. The zero-order valence-electron chi connectivity index (χ0n) is 12.3. The van der Waals surface area contributed by atoms with Gasteiger partial charge < -0.3 is 9.47 Å². The zero-order valence-corrected chi connectivity index (χ0v) is 13.3. The van der Waals surface area contributed by atoms with Crippen LogP contribution in [0.2, 0.25) is 0 Å². The van der Waals surface area contributed by atoms with Gasteiger partial charge in [0.2, 0.25) is 6.29 Å². The maximum Gasteiger partial charge on any atom is 0.318 e. The molecule has 3 nitrogen and oxygen atoms in total. The van der Waals surface area contributed by atoms with Crippen molar-refractivity contribution in [1.82, 2.24) is 0 Å². The number of esters is 1. The van der Waals surface area contributed by atoms with Gasteiger partial charge in [0, 0.05) is 6.42 Å². The van der Waals surface area contributed by atoms with Gasteiger partial charge in [-0.3, -0.25) is 4.79 Å². The van der Waals surface area contributed by atoms with Gasteiger partial charge in [0.05, 0.1) is 11.8 Å². The molecule has 106 valence electrons. The fourth-order valence-corrected chi connectivity index (χ4v) is 3.35. The molecule has 0 amide bonds. The molecule has 0 radical (unpaired) electrons. The lowest BCUT2D eigenvalue weighted by atomic mass is 9.85. The second-order valence-electron chi connectivity index (χ2n) is 6.52. The van der Waals surface area contributed by atoms with Gasteiger partial charge in [-0.1, -0.05) is 20.8 Å². The Bertz CT molecular complexity index is 279. The lowest BCUT2D eigenvalue weighted by Gasteiger charge is -2.34. The lowest BCUT2D eigenvalue weighted by molar-refractivity contribution is -0.189. The van der Waals surface area contributed by atoms with Crippen molar-refractivity contribution < 1.29 is 14.3 Å². The molecule has 0 bridgehead atoms. The molecule has 3 atom stereocenters. The topological polar surface area (TPSA) is 35.5 Å².